The van der Waals surface area contributed by atoms with Crippen LogP contribution in [0.5, 0.6) is 0 Å². The third-order valence-electron chi connectivity index (χ3n) is 6.67. The number of nitrogens with zero attached hydrogens (tertiary/aromatic N) is 5. The van der Waals surface area contributed by atoms with Crippen LogP contribution in [0.25, 0.3) is 17.0 Å². The van der Waals surface area contributed by atoms with E-state index in [1.54, 1.807) is 12.3 Å². The second-order valence-corrected chi connectivity index (χ2v) is 8.64. The minimum absolute atomic E-state index is 0.136. The summed E-state index contributed by atoms with van der Waals surface area (Å²) in [5.41, 5.74) is 2.34. The molecule has 0 spiro atoms. The van der Waals surface area contributed by atoms with Crippen molar-refractivity contribution in [2.45, 2.75) is 44.9 Å². The minimum atomic E-state index is -0.640. The molecule has 0 saturated heterocycles. The van der Waals surface area contributed by atoms with E-state index in [1.165, 1.54) is 18.2 Å². The molecule has 5 rings (SSSR count). The SMILES string of the molecule is CC(C)[C@]1(c2ccn3ccnc3n2)CC[C@H](C)c2cc(-c3c(F)cccc3F)nnc21. The van der Waals surface area contributed by atoms with Gasteiger partial charge in [-0.15, -0.1) is 5.10 Å². The molecular weight excluding hydrogens is 396 g/mol. The first-order chi connectivity index (χ1) is 14.9. The summed E-state index contributed by atoms with van der Waals surface area (Å²) in [4.78, 5) is 9.19. The van der Waals surface area contributed by atoms with Crippen LogP contribution in [0, 0.1) is 17.6 Å². The first-order valence-electron chi connectivity index (χ1n) is 10.5. The van der Waals surface area contributed by atoms with Crippen molar-refractivity contribution in [3.05, 3.63) is 77.5 Å². The zero-order valence-corrected chi connectivity index (χ0v) is 17.7. The van der Waals surface area contributed by atoms with Crippen LogP contribution < -0.4 is 0 Å². The molecule has 0 radical (unpaired) electrons. The number of halogens is 2. The lowest BCUT2D eigenvalue weighted by molar-refractivity contribution is 0.287. The number of fused-ring (bicyclic) bond motifs is 2. The molecule has 0 aliphatic heterocycles. The van der Waals surface area contributed by atoms with Crippen LogP contribution in [0.4, 0.5) is 8.78 Å². The predicted octanol–water partition coefficient (Wildman–Crippen LogP) is 5.30. The Hall–Kier alpha value is -3.22. The van der Waals surface area contributed by atoms with Crippen molar-refractivity contribution in [1.82, 2.24) is 24.6 Å². The van der Waals surface area contributed by atoms with Crippen molar-refractivity contribution >= 4 is 5.78 Å². The molecule has 0 N–H and O–H groups in total. The van der Waals surface area contributed by atoms with E-state index in [0.29, 0.717) is 5.78 Å². The van der Waals surface area contributed by atoms with Gasteiger partial charge in [-0.3, -0.25) is 4.40 Å². The van der Waals surface area contributed by atoms with E-state index < -0.39 is 17.0 Å². The summed E-state index contributed by atoms with van der Waals surface area (Å²) in [6.07, 6.45) is 7.32. The van der Waals surface area contributed by atoms with Gasteiger partial charge in [-0.1, -0.05) is 26.8 Å². The molecule has 31 heavy (non-hydrogen) atoms. The van der Waals surface area contributed by atoms with Gasteiger partial charge in [-0.05, 0) is 54.5 Å². The van der Waals surface area contributed by atoms with Gasteiger partial charge in [0, 0.05) is 18.6 Å². The van der Waals surface area contributed by atoms with Crippen molar-refractivity contribution < 1.29 is 8.78 Å². The van der Waals surface area contributed by atoms with Gasteiger partial charge in [-0.2, -0.15) is 5.10 Å². The van der Waals surface area contributed by atoms with Crippen LogP contribution in [0.15, 0.2) is 48.9 Å². The summed E-state index contributed by atoms with van der Waals surface area (Å²) in [6.45, 7) is 6.43. The summed E-state index contributed by atoms with van der Waals surface area (Å²) in [6, 6.07) is 7.65. The highest BCUT2D eigenvalue weighted by molar-refractivity contribution is 5.62. The number of hydrogen-bond acceptors (Lipinski definition) is 4. The maximum Gasteiger partial charge on any atom is 0.233 e. The lowest BCUT2D eigenvalue weighted by Gasteiger charge is -2.42. The molecule has 0 saturated carbocycles. The highest BCUT2D eigenvalue weighted by atomic mass is 19.1. The van der Waals surface area contributed by atoms with Crippen LogP contribution in [0.1, 0.15) is 56.5 Å². The highest BCUT2D eigenvalue weighted by Crippen LogP contribution is 2.50. The molecule has 0 fully saturated rings. The summed E-state index contributed by atoms with van der Waals surface area (Å²) < 4.78 is 30.7. The smallest absolute Gasteiger partial charge is 0.233 e. The number of benzene rings is 1. The molecule has 5 nitrogen and oxygen atoms in total. The monoisotopic (exact) mass is 419 g/mol. The lowest BCUT2D eigenvalue weighted by Crippen LogP contribution is -2.40. The van der Waals surface area contributed by atoms with Crippen LogP contribution in [0.2, 0.25) is 0 Å². The number of imidazole rings is 1. The minimum Gasteiger partial charge on any atom is -0.291 e. The van der Waals surface area contributed by atoms with Gasteiger partial charge in [0.25, 0.3) is 0 Å². The second-order valence-electron chi connectivity index (χ2n) is 8.64. The second kappa shape index (κ2) is 7.18. The summed E-state index contributed by atoms with van der Waals surface area (Å²) in [5, 5.41) is 8.89. The number of aromatic nitrogens is 5. The molecule has 7 heteroatoms. The van der Waals surface area contributed by atoms with E-state index in [1.807, 2.05) is 22.9 Å². The Morgan fingerprint density at radius 2 is 1.87 bits per heavy atom. The zero-order chi connectivity index (χ0) is 21.8. The van der Waals surface area contributed by atoms with Gasteiger partial charge in [0.05, 0.1) is 28.1 Å². The Kier molecular flexibility index (Phi) is 4.57. The van der Waals surface area contributed by atoms with Crippen LogP contribution in [-0.4, -0.2) is 24.6 Å². The molecule has 158 valence electrons. The van der Waals surface area contributed by atoms with Gasteiger partial charge in [0.15, 0.2) is 0 Å². The first kappa shape index (κ1) is 19.7. The van der Waals surface area contributed by atoms with E-state index in [0.717, 1.165) is 29.8 Å². The molecule has 0 amide bonds. The van der Waals surface area contributed by atoms with Crippen molar-refractivity contribution in [2.75, 3.05) is 0 Å². The number of hydrogen-bond donors (Lipinski definition) is 0. The molecule has 4 aromatic rings. The fourth-order valence-corrected chi connectivity index (χ4v) is 4.87. The fraction of sp³-hybridized carbons (Fsp3) is 0.333. The molecule has 3 heterocycles. The van der Waals surface area contributed by atoms with Crippen molar-refractivity contribution in [3.63, 3.8) is 0 Å². The average molecular weight is 419 g/mol. The fourth-order valence-electron chi connectivity index (χ4n) is 4.87. The van der Waals surface area contributed by atoms with Crippen LogP contribution in [-0.2, 0) is 5.41 Å². The van der Waals surface area contributed by atoms with E-state index in [2.05, 4.69) is 36.0 Å². The zero-order valence-electron chi connectivity index (χ0n) is 17.7. The van der Waals surface area contributed by atoms with Crippen molar-refractivity contribution in [2.24, 2.45) is 5.92 Å². The summed E-state index contributed by atoms with van der Waals surface area (Å²) >= 11 is 0. The van der Waals surface area contributed by atoms with E-state index >= 15 is 0 Å². The van der Waals surface area contributed by atoms with Crippen LogP contribution in [0.3, 0.4) is 0 Å². The Balaban J connectivity index is 1.73. The molecule has 1 aliphatic carbocycles. The highest BCUT2D eigenvalue weighted by Gasteiger charge is 2.46. The van der Waals surface area contributed by atoms with Gasteiger partial charge < -0.3 is 0 Å². The van der Waals surface area contributed by atoms with Crippen LogP contribution >= 0.6 is 0 Å². The van der Waals surface area contributed by atoms with Gasteiger partial charge in [-0.25, -0.2) is 18.7 Å². The van der Waals surface area contributed by atoms with Crippen molar-refractivity contribution in [1.29, 1.82) is 0 Å². The van der Waals surface area contributed by atoms with E-state index in [-0.39, 0.29) is 23.1 Å². The Morgan fingerprint density at radius 3 is 2.61 bits per heavy atom. The van der Waals surface area contributed by atoms with Crippen molar-refractivity contribution in [3.8, 4) is 11.3 Å². The predicted molar refractivity (Wildman–Crippen MR) is 114 cm³/mol. The van der Waals surface area contributed by atoms with E-state index in [4.69, 9.17) is 4.98 Å². The Morgan fingerprint density at radius 1 is 1.10 bits per heavy atom. The van der Waals surface area contributed by atoms with Gasteiger partial charge in [0.2, 0.25) is 5.78 Å². The normalized spacial score (nSPS) is 20.9. The standard InChI is InChI=1S/C24H23F2N5/c1-14(2)24(20-8-11-31-12-10-27-23(31)28-20)9-7-15(3)16-13-19(29-30-22(16)24)21-17(25)5-4-6-18(21)26/h4-6,8,10-15H,7,9H2,1-3H3/t15-,24-/m0/s1. The number of rotatable bonds is 3. The molecule has 0 unspecified atom stereocenters. The summed E-state index contributed by atoms with van der Waals surface area (Å²) in [5.74, 6) is -0.260. The average Bonchev–Trinajstić information content (AvgIpc) is 3.22. The van der Waals surface area contributed by atoms with Gasteiger partial charge in [0.1, 0.15) is 11.6 Å². The molecule has 0 bridgehead atoms. The maximum atomic E-state index is 14.4. The first-order valence-corrected chi connectivity index (χ1v) is 10.5. The Bertz CT molecular complexity index is 1260. The summed E-state index contributed by atoms with van der Waals surface area (Å²) in [7, 11) is 0. The molecule has 2 atom stereocenters. The Labute approximate surface area is 179 Å². The van der Waals surface area contributed by atoms with E-state index in [9.17, 15) is 8.78 Å². The third-order valence-corrected chi connectivity index (χ3v) is 6.67. The molecule has 3 aromatic heterocycles. The topological polar surface area (TPSA) is 56.0 Å². The maximum absolute atomic E-state index is 14.4. The lowest BCUT2D eigenvalue weighted by atomic mass is 9.62. The third kappa shape index (κ3) is 2.94. The molecule has 1 aromatic carbocycles. The van der Waals surface area contributed by atoms with Gasteiger partial charge >= 0.3 is 0 Å². The molecular formula is C24H23F2N5. The quantitative estimate of drug-likeness (QED) is 0.452. The largest absolute Gasteiger partial charge is 0.291 e. The molecule has 1 aliphatic rings.